The molecule has 0 aliphatic carbocycles. The lowest BCUT2D eigenvalue weighted by Crippen LogP contribution is -2.36. The molecule has 0 spiro atoms. The molecular formula is C28H32F5NO5. The number of halogens is 5. The van der Waals surface area contributed by atoms with Gasteiger partial charge >= 0.3 is 18.2 Å². The van der Waals surface area contributed by atoms with Gasteiger partial charge in [-0.25, -0.2) is 13.6 Å². The molecule has 0 saturated heterocycles. The van der Waals surface area contributed by atoms with Crippen LogP contribution in [0.15, 0.2) is 36.9 Å². The second-order valence-corrected chi connectivity index (χ2v) is 9.65. The molecule has 1 atom stereocenters. The normalized spacial score (nSPS) is 12.5. The highest BCUT2D eigenvalue weighted by Crippen LogP contribution is 2.42. The van der Waals surface area contributed by atoms with Crippen LogP contribution in [0, 0.1) is 18.6 Å². The maximum absolute atomic E-state index is 15.5. The van der Waals surface area contributed by atoms with Crippen molar-refractivity contribution in [3.63, 3.8) is 0 Å². The summed E-state index contributed by atoms with van der Waals surface area (Å²) in [7, 11) is 0. The fourth-order valence-corrected chi connectivity index (χ4v) is 3.77. The molecular weight excluding hydrogens is 525 g/mol. The topological polar surface area (TPSA) is 73.9 Å². The number of ether oxygens (including phenoxy) is 3. The first-order valence-corrected chi connectivity index (χ1v) is 12.2. The van der Waals surface area contributed by atoms with Gasteiger partial charge in [-0.2, -0.15) is 13.2 Å². The first-order chi connectivity index (χ1) is 18.1. The number of benzene rings is 2. The van der Waals surface area contributed by atoms with Gasteiger partial charge in [0.1, 0.15) is 23.0 Å². The summed E-state index contributed by atoms with van der Waals surface area (Å²) in [6, 6.07) is 2.16. The molecule has 0 aromatic heterocycles. The van der Waals surface area contributed by atoms with Gasteiger partial charge in [0.25, 0.3) is 0 Å². The number of aryl methyl sites for hydroxylation is 1. The summed E-state index contributed by atoms with van der Waals surface area (Å²) in [5, 5.41) is 2.29. The SMILES string of the molecule is C=CCCOc1cc(F)cc(C)c1-c1cc([C@H](CC(=O)OCC)NC(=O)OC(C)(C)C)c(F)c(C(F)(F)F)c1. The standard InChI is InChI=1S/C28H32F5NO5/c1-7-9-10-38-22-14-18(29)11-16(3)24(22)17-12-19(25(30)20(13-17)28(31,32)33)21(15-23(35)37-8-2)34-26(36)39-27(4,5)6/h7,11-14,21H,1,8-10,15H2,2-6H3,(H,34,36)/t21-/m0/s1. The van der Waals surface area contributed by atoms with Gasteiger partial charge in [0, 0.05) is 17.2 Å². The van der Waals surface area contributed by atoms with E-state index in [0.29, 0.717) is 12.5 Å². The molecule has 0 saturated carbocycles. The third kappa shape index (κ3) is 8.97. The number of hydrogen-bond donors (Lipinski definition) is 1. The average molecular weight is 558 g/mol. The molecule has 11 heteroatoms. The molecule has 2 aromatic rings. The number of alkyl carbamates (subject to hydrolysis) is 1. The van der Waals surface area contributed by atoms with Crippen LogP contribution in [0.2, 0.25) is 0 Å². The third-order valence-corrected chi connectivity index (χ3v) is 5.28. The van der Waals surface area contributed by atoms with Crippen LogP contribution < -0.4 is 10.1 Å². The Hall–Kier alpha value is -3.63. The van der Waals surface area contributed by atoms with E-state index < -0.39 is 59.1 Å². The van der Waals surface area contributed by atoms with E-state index in [9.17, 15) is 27.2 Å². The number of rotatable bonds is 10. The van der Waals surface area contributed by atoms with Gasteiger partial charge in [-0.3, -0.25) is 4.79 Å². The van der Waals surface area contributed by atoms with Crippen molar-refractivity contribution in [3.8, 4) is 16.9 Å². The third-order valence-electron chi connectivity index (χ3n) is 5.28. The van der Waals surface area contributed by atoms with Crippen LogP contribution in [-0.4, -0.2) is 30.9 Å². The molecule has 1 N–H and O–H groups in total. The summed E-state index contributed by atoms with van der Waals surface area (Å²) in [4.78, 5) is 24.8. The molecule has 6 nitrogen and oxygen atoms in total. The minimum absolute atomic E-state index is 0.0471. The van der Waals surface area contributed by atoms with Crippen LogP contribution in [-0.2, 0) is 20.4 Å². The lowest BCUT2D eigenvalue weighted by Gasteiger charge is -2.25. The first kappa shape index (κ1) is 31.6. The van der Waals surface area contributed by atoms with Crippen molar-refractivity contribution >= 4 is 12.1 Å². The maximum atomic E-state index is 15.5. The summed E-state index contributed by atoms with van der Waals surface area (Å²) in [5.74, 6) is -3.33. The second-order valence-electron chi connectivity index (χ2n) is 9.65. The van der Waals surface area contributed by atoms with Crippen LogP contribution in [0.4, 0.5) is 26.7 Å². The molecule has 0 heterocycles. The average Bonchev–Trinajstić information content (AvgIpc) is 2.77. The zero-order valence-corrected chi connectivity index (χ0v) is 22.4. The minimum Gasteiger partial charge on any atom is -0.493 e. The van der Waals surface area contributed by atoms with E-state index in [4.69, 9.17) is 14.2 Å². The highest BCUT2D eigenvalue weighted by molar-refractivity contribution is 5.77. The number of nitrogens with one attached hydrogen (secondary N) is 1. The number of hydrogen-bond acceptors (Lipinski definition) is 5. The Morgan fingerprint density at radius 1 is 1.10 bits per heavy atom. The Morgan fingerprint density at radius 2 is 1.77 bits per heavy atom. The predicted octanol–water partition coefficient (Wildman–Crippen LogP) is 7.43. The number of carbonyl (C=O) groups is 2. The largest absolute Gasteiger partial charge is 0.493 e. The Kier molecular flexibility index (Phi) is 10.5. The summed E-state index contributed by atoms with van der Waals surface area (Å²) < 4.78 is 87.5. The van der Waals surface area contributed by atoms with Crippen LogP contribution in [0.25, 0.3) is 11.1 Å². The van der Waals surface area contributed by atoms with Crippen LogP contribution in [0.5, 0.6) is 5.75 Å². The lowest BCUT2D eigenvalue weighted by atomic mass is 9.91. The van der Waals surface area contributed by atoms with Gasteiger partial charge in [-0.05, 0) is 70.4 Å². The van der Waals surface area contributed by atoms with Gasteiger partial charge in [-0.1, -0.05) is 6.08 Å². The highest BCUT2D eigenvalue weighted by Gasteiger charge is 2.38. The van der Waals surface area contributed by atoms with E-state index >= 15 is 4.39 Å². The van der Waals surface area contributed by atoms with E-state index in [1.165, 1.54) is 13.8 Å². The molecule has 0 bridgehead atoms. The molecule has 2 aromatic carbocycles. The quantitative estimate of drug-likeness (QED) is 0.142. The summed E-state index contributed by atoms with van der Waals surface area (Å²) >= 11 is 0. The second kappa shape index (κ2) is 12.9. The van der Waals surface area contributed by atoms with E-state index in [1.807, 2.05) is 0 Å². The fraction of sp³-hybridized carbons (Fsp3) is 0.429. The van der Waals surface area contributed by atoms with Crippen molar-refractivity contribution in [3.05, 3.63) is 65.2 Å². The van der Waals surface area contributed by atoms with Crippen molar-refractivity contribution in [2.75, 3.05) is 13.2 Å². The number of esters is 1. The van der Waals surface area contributed by atoms with Crippen LogP contribution in [0.1, 0.15) is 63.3 Å². The molecule has 0 aliphatic rings. The molecule has 0 radical (unpaired) electrons. The predicted molar refractivity (Wildman–Crippen MR) is 135 cm³/mol. The fourth-order valence-electron chi connectivity index (χ4n) is 3.77. The minimum atomic E-state index is -5.15. The first-order valence-electron chi connectivity index (χ1n) is 12.2. The lowest BCUT2D eigenvalue weighted by molar-refractivity contribution is -0.143. The Balaban J connectivity index is 2.79. The van der Waals surface area contributed by atoms with Crippen molar-refractivity contribution in [1.29, 1.82) is 0 Å². The van der Waals surface area contributed by atoms with E-state index in [-0.39, 0.29) is 35.7 Å². The van der Waals surface area contributed by atoms with Gasteiger partial charge in [0.15, 0.2) is 0 Å². The summed E-state index contributed by atoms with van der Waals surface area (Å²) in [5.41, 5.74) is -3.13. The molecule has 2 rings (SSSR count). The van der Waals surface area contributed by atoms with Gasteiger partial charge in [-0.15, -0.1) is 6.58 Å². The highest BCUT2D eigenvalue weighted by atomic mass is 19.4. The Morgan fingerprint density at radius 3 is 2.33 bits per heavy atom. The van der Waals surface area contributed by atoms with Gasteiger partial charge in [0.05, 0.1) is 31.2 Å². The molecule has 0 unspecified atom stereocenters. The summed E-state index contributed by atoms with van der Waals surface area (Å²) in [6.45, 7) is 11.2. The van der Waals surface area contributed by atoms with Crippen LogP contribution in [0.3, 0.4) is 0 Å². The monoisotopic (exact) mass is 557 g/mol. The van der Waals surface area contributed by atoms with E-state index in [2.05, 4.69) is 11.9 Å². The zero-order valence-electron chi connectivity index (χ0n) is 22.4. The molecule has 0 aliphatic heterocycles. The number of amides is 1. The van der Waals surface area contributed by atoms with Gasteiger partial charge < -0.3 is 19.5 Å². The molecule has 0 fully saturated rings. The summed E-state index contributed by atoms with van der Waals surface area (Å²) in [6.07, 6.45) is -4.99. The van der Waals surface area contributed by atoms with Crippen molar-refractivity contribution in [1.82, 2.24) is 5.32 Å². The van der Waals surface area contributed by atoms with E-state index in [0.717, 1.165) is 18.2 Å². The molecule has 39 heavy (non-hydrogen) atoms. The maximum Gasteiger partial charge on any atom is 0.419 e. The van der Waals surface area contributed by atoms with Crippen molar-refractivity contribution < 1.29 is 45.8 Å². The van der Waals surface area contributed by atoms with E-state index in [1.54, 1.807) is 26.8 Å². The van der Waals surface area contributed by atoms with Gasteiger partial charge in [0.2, 0.25) is 0 Å². The Labute approximate surface area is 224 Å². The number of alkyl halides is 3. The van der Waals surface area contributed by atoms with Crippen molar-refractivity contribution in [2.45, 2.75) is 65.3 Å². The smallest absolute Gasteiger partial charge is 0.419 e. The molecule has 214 valence electrons. The van der Waals surface area contributed by atoms with Crippen LogP contribution >= 0.6 is 0 Å². The number of carbonyl (C=O) groups excluding carboxylic acids is 2. The zero-order chi connectivity index (χ0) is 29.5. The molecule has 1 amide bonds. The Bertz CT molecular complexity index is 1200. The van der Waals surface area contributed by atoms with Crippen molar-refractivity contribution in [2.24, 2.45) is 0 Å².